The third-order valence-corrected chi connectivity index (χ3v) is 4.43. The van der Waals surface area contributed by atoms with E-state index in [-0.39, 0.29) is 11.8 Å². The lowest BCUT2D eigenvalue weighted by Gasteiger charge is -2.03. The minimum absolute atomic E-state index is 0.119. The molecule has 0 aliphatic carbocycles. The summed E-state index contributed by atoms with van der Waals surface area (Å²) in [6.45, 7) is 0.400. The summed E-state index contributed by atoms with van der Waals surface area (Å²) in [5.74, 6) is -0.394. The van der Waals surface area contributed by atoms with Gasteiger partial charge >= 0.3 is 0 Å². The molecule has 7 heteroatoms. The molecule has 2 N–H and O–H groups in total. The van der Waals surface area contributed by atoms with E-state index in [1.807, 2.05) is 42.5 Å². The lowest BCUT2D eigenvalue weighted by molar-refractivity contribution is -0.116. The van der Waals surface area contributed by atoms with Crippen LogP contribution in [0.25, 0.3) is 0 Å². The van der Waals surface area contributed by atoms with Gasteiger partial charge in [-0.25, -0.2) is 4.98 Å². The van der Waals surface area contributed by atoms with Gasteiger partial charge in [-0.15, -0.1) is 11.3 Å². The van der Waals surface area contributed by atoms with Gasteiger partial charge in [-0.2, -0.15) is 0 Å². The third kappa shape index (κ3) is 5.22. The van der Waals surface area contributed by atoms with Crippen LogP contribution in [0.4, 0.5) is 5.13 Å². The lowest BCUT2D eigenvalue weighted by Crippen LogP contribution is -2.23. The average Bonchev–Trinajstić information content (AvgIpc) is 3.14. The van der Waals surface area contributed by atoms with Crippen LogP contribution in [0.15, 0.2) is 60.2 Å². The number of aryl methyl sites for hydroxylation is 1. The van der Waals surface area contributed by atoms with Crippen LogP contribution in [0, 0.1) is 0 Å². The fourth-order valence-corrected chi connectivity index (χ4v) is 3.00. The molecule has 0 atom stereocenters. The number of benzene rings is 1. The first kappa shape index (κ1) is 17.8. The zero-order chi connectivity index (χ0) is 18.2. The first-order valence-corrected chi connectivity index (χ1v) is 9.05. The molecular formula is C19H18N4O2S. The molecule has 0 radical (unpaired) electrons. The van der Waals surface area contributed by atoms with Gasteiger partial charge in [-0.1, -0.05) is 30.3 Å². The van der Waals surface area contributed by atoms with Gasteiger partial charge in [-0.05, 0) is 29.7 Å². The number of hydrogen-bond acceptors (Lipinski definition) is 5. The second kappa shape index (κ2) is 8.87. The molecule has 2 amide bonds. The van der Waals surface area contributed by atoms with Gasteiger partial charge in [0.1, 0.15) is 5.69 Å². The predicted molar refractivity (Wildman–Crippen MR) is 101 cm³/mol. The maximum Gasteiger partial charge on any atom is 0.271 e. The molecule has 0 aliphatic rings. The van der Waals surface area contributed by atoms with Crippen molar-refractivity contribution in [1.82, 2.24) is 15.3 Å². The Morgan fingerprint density at radius 1 is 1.00 bits per heavy atom. The summed E-state index contributed by atoms with van der Waals surface area (Å²) in [5.41, 5.74) is 2.36. The number of pyridine rings is 1. The summed E-state index contributed by atoms with van der Waals surface area (Å²) >= 11 is 1.24. The van der Waals surface area contributed by atoms with Gasteiger partial charge in [0.25, 0.3) is 5.91 Å². The normalized spacial score (nSPS) is 10.3. The molecule has 2 heterocycles. The number of amides is 2. The fourth-order valence-electron chi connectivity index (χ4n) is 2.29. The number of anilines is 1. The maximum absolute atomic E-state index is 12.1. The summed E-state index contributed by atoms with van der Waals surface area (Å²) < 4.78 is 0. The number of hydrogen-bond donors (Lipinski definition) is 2. The first-order valence-electron chi connectivity index (χ1n) is 8.17. The predicted octanol–water partition coefficient (Wildman–Crippen LogP) is 3.04. The van der Waals surface area contributed by atoms with Crippen LogP contribution >= 0.6 is 11.3 Å². The summed E-state index contributed by atoms with van der Waals surface area (Å²) in [6.07, 6.45) is 4.38. The van der Waals surface area contributed by atoms with Crippen molar-refractivity contribution in [2.24, 2.45) is 0 Å². The van der Waals surface area contributed by atoms with Crippen molar-refractivity contribution < 1.29 is 9.59 Å². The van der Waals surface area contributed by atoms with Gasteiger partial charge in [0.05, 0.1) is 0 Å². The van der Waals surface area contributed by atoms with Crippen LogP contribution in [0.3, 0.4) is 0 Å². The minimum Gasteiger partial charge on any atom is -0.347 e. The average molecular weight is 366 g/mol. The van der Waals surface area contributed by atoms with Crippen LogP contribution in [-0.2, 0) is 17.8 Å². The van der Waals surface area contributed by atoms with Gasteiger partial charge in [0.15, 0.2) is 5.13 Å². The van der Waals surface area contributed by atoms with E-state index in [4.69, 9.17) is 0 Å². The Hall–Kier alpha value is -3.06. The third-order valence-electron chi connectivity index (χ3n) is 3.67. The van der Waals surface area contributed by atoms with Gasteiger partial charge in [0, 0.05) is 30.7 Å². The number of nitrogens with one attached hydrogen (secondary N) is 2. The zero-order valence-corrected chi connectivity index (χ0v) is 14.8. The summed E-state index contributed by atoms with van der Waals surface area (Å²) in [6, 6.07) is 13.5. The number of aromatic nitrogens is 2. The van der Waals surface area contributed by atoms with E-state index in [9.17, 15) is 9.59 Å². The fraction of sp³-hybridized carbons (Fsp3) is 0.158. The van der Waals surface area contributed by atoms with Crippen LogP contribution in [-0.4, -0.2) is 21.8 Å². The van der Waals surface area contributed by atoms with Gasteiger partial charge in [-0.3, -0.25) is 14.6 Å². The summed E-state index contributed by atoms with van der Waals surface area (Å²) in [7, 11) is 0. The Morgan fingerprint density at radius 2 is 1.77 bits per heavy atom. The zero-order valence-electron chi connectivity index (χ0n) is 14.0. The highest BCUT2D eigenvalue weighted by atomic mass is 32.1. The molecule has 0 unspecified atom stereocenters. The highest BCUT2D eigenvalue weighted by molar-refractivity contribution is 7.14. The van der Waals surface area contributed by atoms with Crippen molar-refractivity contribution in [2.75, 3.05) is 5.32 Å². The van der Waals surface area contributed by atoms with Crippen molar-refractivity contribution in [3.63, 3.8) is 0 Å². The Kier molecular flexibility index (Phi) is 6.05. The molecule has 0 fully saturated rings. The first-order chi connectivity index (χ1) is 12.7. The Morgan fingerprint density at radius 3 is 2.54 bits per heavy atom. The van der Waals surface area contributed by atoms with Crippen LogP contribution in [0.5, 0.6) is 0 Å². The number of nitrogens with zero attached hydrogens (tertiary/aromatic N) is 2. The van der Waals surface area contributed by atoms with Crippen LogP contribution in [0.2, 0.25) is 0 Å². The smallest absolute Gasteiger partial charge is 0.271 e. The van der Waals surface area contributed by atoms with E-state index in [2.05, 4.69) is 20.6 Å². The Labute approximate surface area is 155 Å². The number of carbonyl (C=O) groups excluding carboxylic acids is 2. The second-order valence-corrected chi connectivity index (χ2v) is 6.47. The molecule has 132 valence electrons. The minimum atomic E-state index is -0.275. The molecule has 26 heavy (non-hydrogen) atoms. The van der Waals surface area contributed by atoms with Crippen molar-refractivity contribution >= 4 is 28.3 Å². The number of rotatable bonds is 7. The monoisotopic (exact) mass is 366 g/mol. The van der Waals surface area contributed by atoms with E-state index in [0.717, 1.165) is 11.1 Å². The molecule has 0 saturated heterocycles. The molecule has 0 aliphatic heterocycles. The van der Waals surface area contributed by atoms with Crippen molar-refractivity contribution in [3.8, 4) is 0 Å². The maximum atomic E-state index is 12.1. The van der Waals surface area contributed by atoms with E-state index >= 15 is 0 Å². The highest BCUT2D eigenvalue weighted by Gasteiger charge is 2.12. The molecule has 0 spiro atoms. The lowest BCUT2D eigenvalue weighted by atomic mass is 10.1. The standard InChI is InChI=1S/C19H18N4O2S/c24-17(7-6-14-4-2-1-3-5-14)23-19-22-16(13-26-19)18(25)21-12-15-8-10-20-11-9-15/h1-5,8-11,13H,6-7,12H2,(H,21,25)(H,22,23,24). The molecule has 1 aromatic carbocycles. The van der Waals surface area contributed by atoms with Crippen molar-refractivity contribution in [2.45, 2.75) is 19.4 Å². The number of thiazole rings is 1. The second-order valence-electron chi connectivity index (χ2n) is 5.61. The van der Waals surface area contributed by atoms with Crippen molar-refractivity contribution in [1.29, 1.82) is 0 Å². The Balaban J connectivity index is 1.47. The van der Waals surface area contributed by atoms with Gasteiger partial charge in [0.2, 0.25) is 5.91 Å². The SMILES string of the molecule is O=C(CCc1ccccc1)Nc1nc(C(=O)NCc2ccncc2)cs1. The summed E-state index contributed by atoms with van der Waals surface area (Å²) in [5, 5.41) is 7.60. The van der Waals surface area contributed by atoms with Crippen LogP contribution in [0.1, 0.15) is 28.0 Å². The largest absolute Gasteiger partial charge is 0.347 e. The molecule has 3 aromatic rings. The van der Waals surface area contributed by atoms with E-state index in [1.54, 1.807) is 17.8 Å². The molecule has 2 aromatic heterocycles. The quantitative estimate of drug-likeness (QED) is 0.673. The topological polar surface area (TPSA) is 84.0 Å². The van der Waals surface area contributed by atoms with E-state index < -0.39 is 0 Å². The number of carbonyl (C=O) groups is 2. The molecule has 6 nitrogen and oxygen atoms in total. The van der Waals surface area contributed by atoms with E-state index in [0.29, 0.717) is 30.2 Å². The molecular weight excluding hydrogens is 348 g/mol. The molecule has 0 saturated carbocycles. The summed E-state index contributed by atoms with van der Waals surface area (Å²) in [4.78, 5) is 32.3. The molecule has 0 bridgehead atoms. The Bertz CT molecular complexity index is 866. The van der Waals surface area contributed by atoms with E-state index in [1.165, 1.54) is 11.3 Å². The van der Waals surface area contributed by atoms with Crippen molar-refractivity contribution in [3.05, 3.63) is 77.1 Å². The van der Waals surface area contributed by atoms with Crippen LogP contribution < -0.4 is 10.6 Å². The molecule has 3 rings (SSSR count). The van der Waals surface area contributed by atoms with Gasteiger partial charge < -0.3 is 10.6 Å². The highest BCUT2D eigenvalue weighted by Crippen LogP contribution is 2.16.